The number of allylic oxidation sites excluding steroid dienone is 4. The third-order valence-corrected chi connectivity index (χ3v) is 5.92. The van der Waals surface area contributed by atoms with Crippen molar-refractivity contribution in [3.05, 3.63) is 45.3 Å². The molecule has 0 unspecified atom stereocenters. The maximum atomic E-state index is 9.84. The molecule has 0 radical (unpaired) electrons. The van der Waals surface area contributed by atoms with Gasteiger partial charge in [0.1, 0.15) is 6.07 Å². The van der Waals surface area contributed by atoms with Crippen molar-refractivity contribution in [2.45, 2.75) is 25.7 Å². The Kier molecular flexibility index (Phi) is 3.72. The Labute approximate surface area is 139 Å². The van der Waals surface area contributed by atoms with Crippen LogP contribution in [0.5, 0.6) is 0 Å². The van der Waals surface area contributed by atoms with Crippen LogP contribution in [0, 0.1) is 51.2 Å². The second-order valence-electron chi connectivity index (χ2n) is 6.27. The number of nitrogens with two attached hydrogens (primary N) is 1. The summed E-state index contributed by atoms with van der Waals surface area (Å²) in [5, 5.41) is 31.2. The van der Waals surface area contributed by atoms with Crippen molar-refractivity contribution >= 4 is 11.3 Å². The Morgan fingerprint density at radius 2 is 2.04 bits per heavy atom. The van der Waals surface area contributed by atoms with E-state index in [0.717, 1.165) is 23.3 Å². The van der Waals surface area contributed by atoms with Gasteiger partial charge in [-0.25, -0.2) is 0 Å². The summed E-state index contributed by atoms with van der Waals surface area (Å²) in [6.07, 6.45) is 3.83. The van der Waals surface area contributed by atoms with Gasteiger partial charge in [0.25, 0.3) is 0 Å². The lowest BCUT2D eigenvalue weighted by Gasteiger charge is -2.43. The third-order valence-electron chi connectivity index (χ3n) is 4.96. The van der Waals surface area contributed by atoms with E-state index in [9.17, 15) is 15.8 Å². The first-order valence-electron chi connectivity index (χ1n) is 7.55. The van der Waals surface area contributed by atoms with Crippen LogP contribution in [0.4, 0.5) is 0 Å². The molecule has 2 aliphatic carbocycles. The summed E-state index contributed by atoms with van der Waals surface area (Å²) >= 11 is 1.54. The number of fused-ring (bicyclic) bond motifs is 1. The maximum absolute atomic E-state index is 9.84. The van der Waals surface area contributed by atoms with E-state index in [4.69, 9.17) is 5.73 Å². The van der Waals surface area contributed by atoms with Gasteiger partial charge in [0.05, 0.1) is 23.4 Å². The molecule has 1 aromatic rings. The van der Waals surface area contributed by atoms with E-state index in [1.807, 2.05) is 17.5 Å². The lowest BCUT2D eigenvalue weighted by Crippen LogP contribution is -2.43. The van der Waals surface area contributed by atoms with E-state index in [1.54, 1.807) is 0 Å². The molecule has 0 aliphatic heterocycles. The molecule has 4 nitrogen and oxygen atoms in total. The molecule has 2 aliphatic rings. The van der Waals surface area contributed by atoms with Crippen molar-refractivity contribution in [1.82, 2.24) is 0 Å². The topological polar surface area (TPSA) is 97.4 Å². The minimum Gasteiger partial charge on any atom is -0.399 e. The van der Waals surface area contributed by atoms with Gasteiger partial charge in [-0.2, -0.15) is 15.8 Å². The SMILES string of the molecule is C[C@H]1CC=C2C(C#N)=C(N)C(C#N)(C#N)[C@H](c3cccs3)[C@H]2C1. The number of nitrogens with zero attached hydrogens (tertiary/aromatic N) is 3. The van der Waals surface area contributed by atoms with Gasteiger partial charge in [-0.15, -0.1) is 11.3 Å². The van der Waals surface area contributed by atoms with Crippen LogP contribution in [0.2, 0.25) is 0 Å². The Balaban J connectivity index is 2.33. The van der Waals surface area contributed by atoms with Crippen LogP contribution in [-0.2, 0) is 0 Å². The molecule has 1 aromatic heterocycles. The highest BCUT2D eigenvalue weighted by Gasteiger charge is 2.54. The average Bonchev–Trinajstić information content (AvgIpc) is 3.08. The summed E-state index contributed by atoms with van der Waals surface area (Å²) in [5.41, 5.74) is 6.09. The minimum atomic E-state index is -1.48. The molecule has 0 amide bonds. The summed E-state index contributed by atoms with van der Waals surface area (Å²) in [4.78, 5) is 0.984. The number of hydrogen-bond acceptors (Lipinski definition) is 5. The zero-order chi connectivity index (χ0) is 16.6. The normalized spacial score (nSPS) is 28.8. The molecule has 1 heterocycles. The molecule has 0 bridgehead atoms. The predicted molar refractivity (Wildman–Crippen MR) is 87.5 cm³/mol. The molecule has 3 atom stereocenters. The van der Waals surface area contributed by atoms with Crippen molar-refractivity contribution < 1.29 is 0 Å². The molecule has 0 spiro atoms. The first-order chi connectivity index (χ1) is 11.1. The van der Waals surface area contributed by atoms with Crippen LogP contribution in [0.15, 0.2) is 40.4 Å². The molecular weight excluding hydrogens is 304 g/mol. The number of rotatable bonds is 1. The summed E-state index contributed by atoms with van der Waals surface area (Å²) < 4.78 is 0. The van der Waals surface area contributed by atoms with E-state index in [2.05, 4.69) is 31.2 Å². The van der Waals surface area contributed by atoms with Crippen molar-refractivity contribution in [1.29, 1.82) is 15.8 Å². The highest BCUT2D eigenvalue weighted by Crippen LogP contribution is 2.57. The smallest absolute Gasteiger partial charge is 0.192 e. The second-order valence-corrected chi connectivity index (χ2v) is 7.25. The Hall–Kier alpha value is -2.55. The average molecular weight is 320 g/mol. The summed E-state index contributed by atoms with van der Waals surface area (Å²) in [7, 11) is 0. The van der Waals surface area contributed by atoms with Gasteiger partial charge in [-0.3, -0.25) is 0 Å². The van der Waals surface area contributed by atoms with Gasteiger partial charge in [-0.1, -0.05) is 19.1 Å². The van der Waals surface area contributed by atoms with E-state index in [1.165, 1.54) is 11.3 Å². The molecule has 0 fully saturated rings. The quantitative estimate of drug-likeness (QED) is 0.855. The molecule has 0 saturated heterocycles. The summed E-state index contributed by atoms with van der Waals surface area (Å²) in [6, 6.07) is 10.3. The van der Waals surface area contributed by atoms with Crippen molar-refractivity contribution in [2.24, 2.45) is 23.0 Å². The Bertz CT molecular complexity index is 797. The number of nitriles is 3. The van der Waals surface area contributed by atoms with Gasteiger partial charge in [0.2, 0.25) is 0 Å². The van der Waals surface area contributed by atoms with E-state index < -0.39 is 5.41 Å². The third kappa shape index (κ3) is 2.07. The molecule has 3 rings (SSSR count). The first-order valence-corrected chi connectivity index (χ1v) is 8.43. The molecule has 0 aromatic carbocycles. The molecular formula is C18H16N4S. The Morgan fingerprint density at radius 1 is 1.30 bits per heavy atom. The standard InChI is InChI=1S/C18H16N4S/c1-11-4-5-12-13(7-11)16(15-3-2-6-23-15)18(9-20,10-21)17(22)14(12)8-19/h2-3,5-6,11,13,16H,4,7,22H2,1H3/t11-,13-,16-/m0/s1. The van der Waals surface area contributed by atoms with E-state index in [0.29, 0.717) is 11.5 Å². The zero-order valence-electron chi connectivity index (χ0n) is 12.8. The monoisotopic (exact) mass is 320 g/mol. The van der Waals surface area contributed by atoms with Gasteiger partial charge in [0.15, 0.2) is 5.41 Å². The van der Waals surface area contributed by atoms with E-state index in [-0.39, 0.29) is 17.5 Å². The Morgan fingerprint density at radius 3 is 2.61 bits per heavy atom. The highest BCUT2D eigenvalue weighted by atomic mass is 32.1. The number of thiophene rings is 1. The van der Waals surface area contributed by atoms with Crippen LogP contribution < -0.4 is 5.73 Å². The van der Waals surface area contributed by atoms with Gasteiger partial charge in [0, 0.05) is 10.8 Å². The fourth-order valence-corrected chi connectivity index (χ4v) is 4.81. The van der Waals surface area contributed by atoms with Crippen molar-refractivity contribution in [3.8, 4) is 18.2 Å². The van der Waals surface area contributed by atoms with Crippen LogP contribution in [0.3, 0.4) is 0 Å². The molecule has 114 valence electrons. The van der Waals surface area contributed by atoms with Gasteiger partial charge >= 0.3 is 0 Å². The van der Waals surface area contributed by atoms with Gasteiger partial charge < -0.3 is 5.73 Å². The fourth-order valence-electron chi connectivity index (χ4n) is 3.85. The molecule has 2 N–H and O–H groups in total. The molecule has 5 heteroatoms. The van der Waals surface area contributed by atoms with Gasteiger partial charge in [-0.05, 0) is 41.7 Å². The summed E-state index contributed by atoms with van der Waals surface area (Å²) in [6.45, 7) is 2.16. The minimum absolute atomic E-state index is 0.0151. The number of hydrogen-bond donors (Lipinski definition) is 1. The van der Waals surface area contributed by atoms with Crippen LogP contribution >= 0.6 is 11.3 Å². The van der Waals surface area contributed by atoms with Crippen molar-refractivity contribution in [2.75, 3.05) is 0 Å². The zero-order valence-corrected chi connectivity index (χ0v) is 13.6. The lowest BCUT2D eigenvalue weighted by molar-refractivity contribution is 0.287. The summed E-state index contributed by atoms with van der Waals surface area (Å²) in [5.74, 6) is 0.128. The van der Waals surface area contributed by atoms with Crippen LogP contribution in [0.25, 0.3) is 0 Å². The van der Waals surface area contributed by atoms with Crippen molar-refractivity contribution in [3.63, 3.8) is 0 Å². The van der Waals surface area contributed by atoms with Crippen LogP contribution in [-0.4, -0.2) is 0 Å². The van der Waals surface area contributed by atoms with Crippen LogP contribution in [0.1, 0.15) is 30.6 Å². The lowest BCUT2D eigenvalue weighted by atomic mass is 9.57. The highest BCUT2D eigenvalue weighted by molar-refractivity contribution is 7.10. The second kappa shape index (κ2) is 5.58. The molecule has 0 saturated carbocycles. The largest absolute Gasteiger partial charge is 0.399 e. The first kappa shape index (κ1) is 15.3. The fraction of sp³-hybridized carbons (Fsp3) is 0.389. The molecule has 23 heavy (non-hydrogen) atoms. The predicted octanol–water partition coefficient (Wildman–Crippen LogP) is 3.59. The maximum Gasteiger partial charge on any atom is 0.192 e. The van der Waals surface area contributed by atoms with E-state index >= 15 is 0 Å².